The van der Waals surface area contributed by atoms with Gasteiger partial charge < -0.3 is 9.84 Å². The minimum Gasteiger partial charge on any atom is -0.351 e. The highest BCUT2D eigenvalue weighted by molar-refractivity contribution is 6.01. The minimum atomic E-state index is -0.359. The molecule has 0 aliphatic carbocycles. The van der Waals surface area contributed by atoms with Gasteiger partial charge in [0.25, 0.3) is 5.91 Å². The summed E-state index contributed by atoms with van der Waals surface area (Å²) in [6, 6.07) is 11.5. The summed E-state index contributed by atoms with van der Waals surface area (Å²) in [6.45, 7) is 4.48. The van der Waals surface area contributed by atoms with E-state index in [2.05, 4.69) is 34.6 Å². The van der Waals surface area contributed by atoms with Crippen molar-refractivity contribution in [3.63, 3.8) is 0 Å². The Morgan fingerprint density at radius 2 is 2.09 bits per heavy atom. The monoisotopic (exact) mass is 296 g/mol. The number of amides is 1. The Morgan fingerprint density at radius 1 is 1.27 bits per heavy atom. The van der Waals surface area contributed by atoms with Crippen LogP contribution in [0, 0.1) is 13.8 Å². The molecule has 2 heterocycles. The fraction of sp³-hybridized carbons (Fsp3) is 0.188. The van der Waals surface area contributed by atoms with Crippen LogP contribution in [0.3, 0.4) is 0 Å². The predicted molar refractivity (Wildman–Crippen MR) is 81.7 cm³/mol. The standard InChI is InChI=1S/C16H16N4O2/c1-11-5-3-4-6-13(11)10-20-8-7-15(18-20)17-16(21)14-9-12(2)19-22-14/h3-9H,10H2,1-2H3,(H,17,18,21). The van der Waals surface area contributed by atoms with Gasteiger partial charge >= 0.3 is 0 Å². The first-order valence-electron chi connectivity index (χ1n) is 6.94. The Bertz CT molecular complexity index is 804. The van der Waals surface area contributed by atoms with Crippen LogP contribution in [0.4, 0.5) is 5.82 Å². The van der Waals surface area contributed by atoms with Gasteiger partial charge in [-0.3, -0.25) is 9.48 Å². The molecule has 0 aliphatic heterocycles. The number of nitrogens with one attached hydrogen (secondary N) is 1. The molecule has 0 unspecified atom stereocenters. The molecule has 3 aromatic rings. The van der Waals surface area contributed by atoms with Crippen molar-refractivity contribution in [3.8, 4) is 0 Å². The molecule has 6 heteroatoms. The summed E-state index contributed by atoms with van der Waals surface area (Å²) in [4.78, 5) is 12.0. The average Bonchev–Trinajstić information content (AvgIpc) is 3.11. The molecule has 0 saturated carbocycles. The van der Waals surface area contributed by atoms with Gasteiger partial charge in [-0.1, -0.05) is 29.4 Å². The lowest BCUT2D eigenvalue weighted by Crippen LogP contribution is -2.12. The molecule has 3 rings (SSSR count). The van der Waals surface area contributed by atoms with Crippen molar-refractivity contribution < 1.29 is 9.32 Å². The second-order valence-corrected chi connectivity index (χ2v) is 5.11. The van der Waals surface area contributed by atoms with Crippen LogP contribution in [0.5, 0.6) is 0 Å². The largest absolute Gasteiger partial charge is 0.351 e. The molecule has 0 fully saturated rings. The van der Waals surface area contributed by atoms with Crippen molar-refractivity contribution in [2.75, 3.05) is 5.32 Å². The third-order valence-electron chi connectivity index (χ3n) is 3.33. The molecule has 0 aliphatic rings. The van der Waals surface area contributed by atoms with Crippen molar-refractivity contribution in [2.45, 2.75) is 20.4 Å². The maximum absolute atomic E-state index is 12.0. The van der Waals surface area contributed by atoms with E-state index in [1.807, 2.05) is 18.3 Å². The van der Waals surface area contributed by atoms with E-state index < -0.39 is 0 Å². The van der Waals surface area contributed by atoms with E-state index in [4.69, 9.17) is 4.52 Å². The lowest BCUT2D eigenvalue weighted by atomic mass is 10.1. The smallest absolute Gasteiger partial charge is 0.295 e. The summed E-state index contributed by atoms with van der Waals surface area (Å²) in [5.74, 6) is 0.292. The van der Waals surface area contributed by atoms with E-state index in [-0.39, 0.29) is 11.7 Å². The fourth-order valence-corrected chi connectivity index (χ4v) is 2.13. The summed E-state index contributed by atoms with van der Waals surface area (Å²) < 4.78 is 6.70. The molecule has 1 N–H and O–H groups in total. The number of hydrogen-bond acceptors (Lipinski definition) is 4. The summed E-state index contributed by atoms with van der Waals surface area (Å²) in [7, 11) is 0. The minimum absolute atomic E-state index is 0.172. The summed E-state index contributed by atoms with van der Waals surface area (Å²) in [6.07, 6.45) is 1.83. The topological polar surface area (TPSA) is 73.0 Å². The number of anilines is 1. The second kappa shape index (κ2) is 5.85. The van der Waals surface area contributed by atoms with Crippen LogP contribution >= 0.6 is 0 Å². The van der Waals surface area contributed by atoms with Crippen molar-refractivity contribution >= 4 is 11.7 Å². The van der Waals surface area contributed by atoms with Crippen LogP contribution in [0.15, 0.2) is 47.1 Å². The third-order valence-corrected chi connectivity index (χ3v) is 3.33. The molecule has 0 saturated heterocycles. The molecule has 6 nitrogen and oxygen atoms in total. The average molecular weight is 296 g/mol. The first-order chi connectivity index (χ1) is 10.6. The Balaban J connectivity index is 1.69. The highest BCUT2D eigenvalue weighted by Crippen LogP contribution is 2.11. The highest BCUT2D eigenvalue weighted by atomic mass is 16.5. The quantitative estimate of drug-likeness (QED) is 0.803. The Kier molecular flexibility index (Phi) is 3.74. The Hall–Kier alpha value is -2.89. The number of carbonyl (C=O) groups excluding carboxylic acids is 1. The zero-order chi connectivity index (χ0) is 15.5. The van der Waals surface area contributed by atoms with Crippen LogP contribution in [-0.4, -0.2) is 20.8 Å². The molecule has 0 bridgehead atoms. The molecule has 0 atom stereocenters. The number of rotatable bonds is 4. The SMILES string of the molecule is Cc1cc(C(=O)Nc2ccn(Cc3ccccc3C)n2)on1. The molecular formula is C16H16N4O2. The highest BCUT2D eigenvalue weighted by Gasteiger charge is 2.13. The molecule has 0 spiro atoms. The molecule has 1 amide bonds. The number of carbonyl (C=O) groups is 1. The van der Waals surface area contributed by atoms with Crippen LogP contribution in [0.25, 0.3) is 0 Å². The third kappa shape index (κ3) is 3.06. The van der Waals surface area contributed by atoms with E-state index in [1.54, 1.807) is 23.7 Å². The van der Waals surface area contributed by atoms with Gasteiger partial charge in [0.15, 0.2) is 5.82 Å². The first kappa shape index (κ1) is 14.1. The van der Waals surface area contributed by atoms with E-state index in [0.717, 1.165) is 0 Å². The van der Waals surface area contributed by atoms with Crippen LogP contribution in [0.1, 0.15) is 27.4 Å². The number of nitrogens with zero attached hydrogens (tertiary/aromatic N) is 3. The molecule has 2 aromatic heterocycles. The van der Waals surface area contributed by atoms with Crippen molar-refractivity contribution in [1.29, 1.82) is 0 Å². The normalized spacial score (nSPS) is 10.6. The maximum atomic E-state index is 12.0. The van der Waals surface area contributed by atoms with Gasteiger partial charge in [0.05, 0.1) is 12.2 Å². The molecule has 0 radical (unpaired) electrons. The number of aryl methyl sites for hydroxylation is 2. The first-order valence-corrected chi connectivity index (χ1v) is 6.94. The number of benzene rings is 1. The van der Waals surface area contributed by atoms with Crippen LogP contribution < -0.4 is 5.32 Å². The van der Waals surface area contributed by atoms with Gasteiger partial charge in [-0.2, -0.15) is 5.10 Å². The molecule has 112 valence electrons. The van der Waals surface area contributed by atoms with Gasteiger partial charge in [-0.25, -0.2) is 0 Å². The van der Waals surface area contributed by atoms with Crippen molar-refractivity contribution in [1.82, 2.24) is 14.9 Å². The molecular weight excluding hydrogens is 280 g/mol. The van der Waals surface area contributed by atoms with E-state index in [0.29, 0.717) is 18.1 Å². The van der Waals surface area contributed by atoms with Gasteiger partial charge in [-0.15, -0.1) is 0 Å². The number of hydrogen-bond donors (Lipinski definition) is 1. The van der Waals surface area contributed by atoms with Crippen molar-refractivity contribution in [2.24, 2.45) is 0 Å². The lowest BCUT2D eigenvalue weighted by Gasteiger charge is -2.05. The van der Waals surface area contributed by atoms with Crippen molar-refractivity contribution in [3.05, 3.63) is 65.2 Å². The van der Waals surface area contributed by atoms with Crippen LogP contribution in [-0.2, 0) is 6.54 Å². The molecule has 22 heavy (non-hydrogen) atoms. The Labute approximate surface area is 127 Å². The Morgan fingerprint density at radius 3 is 2.82 bits per heavy atom. The van der Waals surface area contributed by atoms with Gasteiger partial charge in [0.1, 0.15) is 0 Å². The number of aromatic nitrogens is 3. The summed E-state index contributed by atoms with van der Waals surface area (Å²) in [5, 5.41) is 10.7. The second-order valence-electron chi connectivity index (χ2n) is 5.11. The van der Waals surface area contributed by atoms with Crippen LogP contribution in [0.2, 0.25) is 0 Å². The summed E-state index contributed by atoms with van der Waals surface area (Å²) >= 11 is 0. The lowest BCUT2D eigenvalue weighted by molar-refractivity contribution is 0.0987. The van der Waals surface area contributed by atoms with Gasteiger partial charge in [-0.05, 0) is 25.0 Å². The zero-order valence-electron chi connectivity index (χ0n) is 12.4. The molecule has 1 aromatic carbocycles. The van der Waals surface area contributed by atoms with Gasteiger partial charge in [0, 0.05) is 18.3 Å². The van der Waals surface area contributed by atoms with Gasteiger partial charge in [0.2, 0.25) is 5.76 Å². The maximum Gasteiger partial charge on any atom is 0.295 e. The summed E-state index contributed by atoms with van der Waals surface area (Å²) in [5.41, 5.74) is 3.06. The predicted octanol–water partition coefficient (Wildman–Crippen LogP) is 2.79. The fourth-order valence-electron chi connectivity index (χ4n) is 2.13. The van der Waals surface area contributed by atoms with E-state index >= 15 is 0 Å². The van der Waals surface area contributed by atoms with E-state index in [9.17, 15) is 4.79 Å². The zero-order valence-corrected chi connectivity index (χ0v) is 12.4. The van der Waals surface area contributed by atoms with E-state index in [1.165, 1.54) is 11.1 Å².